The second-order valence-corrected chi connectivity index (χ2v) is 4.39. The van der Waals surface area contributed by atoms with Crippen LogP contribution in [-0.2, 0) is 11.3 Å². The van der Waals surface area contributed by atoms with Crippen LogP contribution in [0.5, 0.6) is 0 Å². The average Bonchev–Trinajstić information content (AvgIpc) is 2.28. The van der Waals surface area contributed by atoms with E-state index in [1.54, 1.807) is 0 Å². The van der Waals surface area contributed by atoms with Gasteiger partial charge in [-0.25, -0.2) is 0 Å². The largest absolute Gasteiger partial charge is 0.352 e. The van der Waals surface area contributed by atoms with Gasteiger partial charge in [-0.2, -0.15) is 0 Å². The van der Waals surface area contributed by atoms with Crippen LogP contribution in [0.4, 0.5) is 0 Å². The van der Waals surface area contributed by atoms with Crippen molar-refractivity contribution in [2.75, 3.05) is 0 Å². The topological polar surface area (TPSA) is 29.1 Å². The van der Waals surface area contributed by atoms with Crippen LogP contribution < -0.4 is 5.32 Å². The Morgan fingerprint density at radius 3 is 2.50 bits per heavy atom. The van der Waals surface area contributed by atoms with Gasteiger partial charge in [0, 0.05) is 12.5 Å². The average molecular weight is 219 g/mol. The summed E-state index contributed by atoms with van der Waals surface area (Å²) in [6, 6.07) is 8.24. The lowest BCUT2D eigenvalue weighted by molar-refractivity contribution is -0.124. The summed E-state index contributed by atoms with van der Waals surface area (Å²) in [7, 11) is 0. The van der Waals surface area contributed by atoms with Crippen molar-refractivity contribution in [2.45, 2.75) is 40.2 Å². The molecule has 0 fully saturated rings. The van der Waals surface area contributed by atoms with Gasteiger partial charge >= 0.3 is 0 Å². The predicted molar refractivity (Wildman–Crippen MR) is 67.1 cm³/mol. The third-order valence-electron chi connectivity index (χ3n) is 2.76. The highest BCUT2D eigenvalue weighted by molar-refractivity contribution is 5.78. The molecule has 0 unspecified atom stereocenters. The summed E-state index contributed by atoms with van der Waals surface area (Å²) in [5, 5.41) is 2.96. The number of benzene rings is 1. The van der Waals surface area contributed by atoms with E-state index < -0.39 is 0 Å². The fourth-order valence-electron chi connectivity index (χ4n) is 1.63. The van der Waals surface area contributed by atoms with Crippen LogP contribution in [0, 0.1) is 12.8 Å². The number of carbonyl (C=O) groups excluding carboxylic acids is 1. The van der Waals surface area contributed by atoms with Crippen LogP contribution in [0.25, 0.3) is 0 Å². The zero-order chi connectivity index (χ0) is 12.0. The van der Waals surface area contributed by atoms with Gasteiger partial charge in [0.2, 0.25) is 5.91 Å². The smallest absolute Gasteiger partial charge is 0.223 e. The van der Waals surface area contributed by atoms with Crippen LogP contribution in [-0.4, -0.2) is 5.91 Å². The number of amides is 1. The maximum atomic E-state index is 11.7. The molecule has 0 spiro atoms. The van der Waals surface area contributed by atoms with Gasteiger partial charge in [-0.1, -0.05) is 50.1 Å². The Kier molecular flexibility index (Phi) is 5.03. The first-order valence-electron chi connectivity index (χ1n) is 5.96. The molecular formula is C14H21NO. The molecule has 0 aliphatic rings. The van der Waals surface area contributed by atoms with E-state index in [-0.39, 0.29) is 11.8 Å². The fourth-order valence-corrected chi connectivity index (χ4v) is 1.63. The molecule has 0 aliphatic carbocycles. The predicted octanol–water partition coefficient (Wildman–Crippen LogP) is 3.05. The first-order valence-corrected chi connectivity index (χ1v) is 5.96. The Hall–Kier alpha value is -1.31. The Labute approximate surface area is 98.1 Å². The number of carbonyl (C=O) groups is 1. The third-order valence-corrected chi connectivity index (χ3v) is 2.76. The van der Waals surface area contributed by atoms with Crippen molar-refractivity contribution in [3.63, 3.8) is 0 Å². The molecule has 16 heavy (non-hydrogen) atoms. The molecule has 1 aromatic rings. The molecule has 1 atom stereocenters. The van der Waals surface area contributed by atoms with E-state index in [2.05, 4.69) is 43.4 Å². The van der Waals surface area contributed by atoms with Gasteiger partial charge in [0.1, 0.15) is 0 Å². The van der Waals surface area contributed by atoms with Gasteiger partial charge in [0.05, 0.1) is 0 Å². The van der Waals surface area contributed by atoms with Gasteiger partial charge in [-0.15, -0.1) is 0 Å². The summed E-state index contributed by atoms with van der Waals surface area (Å²) in [5.74, 6) is 0.276. The maximum absolute atomic E-state index is 11.7. The van der Waals surface area contributed by atoms with E-state index >= 15 is 0 Å². The quantitative estimate of drug-likeness (QED) is 0.810. The van der Waals surface area contributed by atoms with Crippen molar-refractivity contribution in [1.29, 1.82) is 0 Å². The molecule has 88 valence electrons. The monoisotopic (exact) mass is 219 g/mol. The van der Waals surface area contributed by atoms with Crippen molar-refractivity contribution < 1.29 is 4.79 Å². The van der Waals surface area contributed by atoms with E-state index in [1.165, 1.54) is 5.56 Å². The number of hydrogen-bond donors (Lipinski definition) is 1. The van der Waals surface area contributed by atoms with Gasteiger partial charge < -0.3 is 5.32 Å². The number of rotatable bonds is 5. The van der Waals surface area contributed by atoms with Crippen molar-refractivity contribution in [3.05, 3.63) is 35.4 Å². The zero-order valence-electron chi connectivity index (χ0n) is 10.4. The molecule has 0 saturated carbocycles. The molecule has 1 amide bonds. The number of nitrogens with one attached hydrogen (secondary N) is 1. The van der Waals surface area contributed by atoms with E-state index in [4.69, 9.17) is 0 Å². The molecular weight excluding hydrogens is 198 g/mol. The highest BCUT2D eigenvalue weighted by Gasteiger charge is 2.10. The molecule has 1 N–H and O–H groups in total. The minimum absolute atomic E-state index is 0.121. The summed E-state index contributed by atoms with van der Waals surface area (Å²) in [6.45, 7) is 6.77. The fraction of sp³-hybridized carbons (Fsp3) is 0.500. The van der Waals surface area contributed by atoms with Crippen LogP contribution in [0.2, 0.25) is 0 Å². The first kappa shape index (κ1) is 12.8. The first-order chi connectivity index (χ1) is 7.63. The summed E-state index contributed by atoms with van der Waals surface area (Å²) in [5.41, 5.74) is 2.40. The Morgan fingerprint density at radius 2 is 1.94 bits per heavy atom. The lowest BCUT2D eigenvalue weighted by Crippen LogP contribution is -2.28. The number of hydrogen-bond acceptors (Lipinski definition) is 1. The van der Waals surface area contributed by atoms with Crippen molar-refractivity contribution in [1.82, 2.24) is 5.32 Å². The second-order valence-electron chi connectivity index (χ2n) is 4.39. The summed E-state index contributed by atoms with van der Waals surface area (Å²) >= 11 is 0. The van der Waals surface area contributed by atoms with E-state index in [0.717, 1.165) is 18.4 Å². The summed E-state index contributed by atoms with van der Waals surface area (Å²) in [6.07, 6.45) is 2.01. The van der Waals surface area contributed by atoms with Gasteiger partial charge in [-0.05, 0) is 18.9 Å². The molecule has 0 saturated heterocycles. The normalized spacial score (nSPS) is 12.2. The summed E-state index contributed by atoms with van der Waals surface area (Å²) < 4.78 is 0. The molecule has 0 bridgehead atoms. The summed E-state index contributed by atoms with van der Waals surface area (Å²) in [4.78, 5) is 11.7. The third kappa shape index (κ3) is 4.05. The van der Waals surface area contributed by atoms with Crippen LogP contribution in [0.3, 0.4) is 0 Å². The molecule has 0 aromatic heterocycles. The number of aryl methyl sites for hydroxylation is 1. The van der Waals surface area contributed by atoms with E-state index in [0.29, 0.717) is 6.54 Å². The van der Waals surface area contributed by atoms with E-state index in [9.17, 15) is 4.79 Å². The van der Waals surface area contributed by atoms with Crippen molar-refractivity contribution in [3.8, 4) is 0 Å². The lowest BCUT2D eigenvalue weighted by atomic mass is 10.1. The van der Waals surface area contributed by atoms with Gasteiger partial charge in [-0.3, -0.25) is 4.79 Å². The second kappa shape index (κ2) is 6.31. The molecule has 0 heterocycles. The van der Waals surface area contributed by atoms with Gasteiger partial charge in [0.15, 0.2) is 0 Å². The molecule has 1 aromatic carbocycles. The zero-order valence-corrected chi connectivity index (χ0v) is 10.4. The molecule has 0 radical (unpaired) electrons. The Morgan fingerprint density at radius 1 is 1.31 bits per heavy atom. The Balaban J connectivity index is 2.39. The van der Waals surface area contributed by atoms with Gasteiger partial charge in [0.25, 0.3) is 0 Å². The van der Waals surface area contributed by atoms with Crippen LogP contribution in [0.1, 0.15) is 37.8 Å². The SMILES string of the molecule is CCC[C@H](C)C(=O)NCc1ccc(C)cc1. The van der Waals surface area contributed by atoms with Crippen molar-refractivity contribution in [2.24, 2.45) is 5.92 Å². The van der Waals surface area contributed by atoms with Crippen molar-refractivity contribution >= 4 is 5.91 Å². The molecule has 2 nitrogen and oxygen atoms in total. The highest BCUT2D eigenvalue weighted by atomic mass is 16.1. The minimum atomic E-state index is 0.121. The highest BCUT2D eigenvalue weighted by Crippen LogP contribution is 2.06. The van der Waals surface area contributed by atoms with E-state index in [1.807, 2.05) is 6.92 Å². The maximum Gasteiger partial charge on any atom is 0.223 e. The minimum Gasteiger partial charge on any atom is -0.352 e. The van der Waals surface area contributed by atoms with Crippen LogP contribution >= 0.6 is 0 Å². The van der Waals surface area contributed by atoms with Crippen LogP contribution in [0.15, 0.2) is 24.3 Å². The Bertz CT molecular complexity index is 329. The molecule has 2 heteroatoms. The standard InChI is InChI=1S/C14H21NO/c1-4-5-12(3)14(16)15-10-13-8-6-11(2)7-9-13/h6-9,12H,4-5,10H2,1-3H3,(H,15,16)/t12-/m0/s1. The molecule has 1 rings (SSSR count). The lowest BCUT2D eigenvalue weighted by Gasteiger charge is -2.11. The molecule has 0 aliphatic heterocycles.